The van der Waals surface area contributed by atoms with E-state index < -0.39 is 16.8 Å². The molecule has 21 heavy (non-hydrogen) atoms. The summed E-state index contributed by atoms with van der Waals surface area (Å²) in [5.41, 5.74) is -0.435. The predicted molar refractivity (Wildman–Crippen MR) is 75.2 cm³/mol. The maximum absolute atomic E-state index is 13.8. The van der Waals surface area contributed by atoms with Crippen molar-refractivity contribution in [1.29, 1.82) is 0 Å². The SMILES string of the molecule is C[C@H](O)c1c(F)cccc1Oc1c(Cl)cccc1[N+](=O)[O-]. The average molecular weight is 312 g/mol. The molecular formula is C14H11ClFNO4. The Morgan fingerprint density at radius 1 is 1.33 bits per heavy atom. The lowest BCUT2D eigenvalue weighted by atomic mass is 10.1. The fourth-order valence-electron chi connectivity index (χ4n) is 1.86. The van der Waals surface area contributed by atoms with Crippen LogP contribution in [0.2, 0.25) is 5.02 Å². The van der Waals surface area contributed by atoms with Gasteiger partial charge in [0, 0.05) is 6.07 Å². The van der Waals surface area contributed by atoms with E-state index in [0.717, 1.165) is 6.07 Å². The molecule has 0 unspecified atom stereocenters. The van der Waals surface area contributed by atoms with E-state index in [1.165, 1.54) is 37.3 Å². The number of aliphatic hydroxyl groups excluding tert-OH is 1. The highest BCUT2D eigenvalue weighted by Crippen LogP contribution is 2.40. The third kappa shape index (κ3) is 3.12. The predicted octanol–water partition coefficient (Wildman–Crippen LogP) is 4.23. The van der Waals surface area contributed by atoms with Crippen LogP contribution in [0.3, 0.4) is 0 Å². The molecule has 0 aliphatic rings. The second-order valence-corrected chi connectivity index (χ2v) is 4.68. The first-order chi connectivity index (χ1) is 9.91. The first kappa shape index (κ1) is 15.2. The summed E-state index contributed by atoms with van der Waals surface area (Å²) in [5, 5.41) is 20.6. The number of aliphatic hydroxyl groups is 1. The zero-order valence-corrected chi connectivity index (χ0v) is 11.7. The van der Waals surface area contributed by atoms with E-state index in [2.05, 4.69) is 0 Å². The van der Waals surface area contributed by atoms with Crippen molar-refractivity contribution < 1.29 is 19.2 Å². The van der Waals surface area contributed by atoms with Crippen molar-refractivity contribution in [3.05, 3.63) is 62.9 Å². The fourth-order valence-corrected chi connectivity index (χ4v) is 2.07. The summed E-state index contributed by atoms with van der Waals surface area (Å²) in [5.74, 6) is -0.893. The summed E-state index contributed by atoms with van der Waals surface area (Å²) in [7, 11) is 0. The van der Waals surface area contributed by atoms with Crippen molar-refractivity contribution in [3.63, 3.8) is 0 Å². The molecule has 0 aliphatic heterocycles. The van der Waals surface area contributed by atoms with Gasteiger partial charge in [-0.3, -0.25) is 10.1 Å². The first-order valence-electron chi connectivity index (χ1n) is 5.99. The Morgan fingerprint density at radius 2 is 2.00 bits per heavy atom. The zero-order valence-electron chi connectivity index (χ0n) is 10.9. The van der Waals surface area contributed by atoms with E-state index in [9.17, 15) is 19.6 Å². The van der Waals surface area contributed by atoms with E-state index in [1.807, 2.05) is 0 Å². The molecule has 0 spiro atoms. The number of rotatable bonds is 4. The normalized spacial score (nSPS) is 12.0. The molecule has 2 rings (SSSR count). The van der Waals surface area contributed by atoms with Gasteiger partial charge in [-0.05, 0) is 25.1 Å². The van der Waals surface area contributed by atoms with Gasteiger partial charge >= 0.3 is 5.69 Å². The summed E-state index contributed by atoms with van der Waals surface area (Å²) in [4.78, 5) is 10.3. The minimum atomic E-state index is -1.14. The highest BCUT2D eigenvalue weighted by molar-refractivity contribution is 6.32. The molecule has 1 atom stereocenters. The van der Waals surface area contributed by atoms with Crippen molar-refractivity contribution in [1.82, 2.24) is 0 Å². The lowest BCUT2D eigenvalue weighted by molar-refractivity contribution is -0.385. The number of para-hydroxylation sites is 1. The zero-order chi connectivity index (χ0) is 15.6. The third-order valence-electron chi connectivity index (χ3n) is 2.79. The monoisotopic (exact) mass is 311 g/mol. The second-order valence-electron chi connectivity index (χ2n) is 4.27. The van der Waals surface area contributed by atoms with Gasteiger partial charge in [-0.2, -0.15) is 0 Å². The molecule has 0 saturated heterocycles. The van der Waals surface area contributed by atoms with Crippen LogP contribution in [-0.4, -0.2) is 10.0 Å². The molecule has 7 heteroatoms. The molecule has 1 N–H and O–H groups in total. The Balaban J connectivity index is 2.54. The number of halogens is 2. The third-order valence-corrected chi connectivity index (χ3v) is 3.08. The molecule has 0 radical (unpaired) electrons. The number of nitro groups is 1. The summed E-state index contributed by atoms with van der Waals surface area (Å²) >= 11 is 5.91. The molecule has 0 aromatic heterocycles. The first-order valence-corrected chi connectivity index (χ1v) is 6.37. The van der Waals surface area contributed by atoms with Crippen molar-refractivity contribution >= 4 is 17.3 Å². The van der Waals surface area contributed by atoms with Crippen LogP contribution < -0.4 is 4.74 Å². The van der Waals surface area contributed by atoms with E-state index in [1.54, 1.807) is 0 Å². The molecule has 0 heterocycles. The van der Waals surface area contributed by atoms with Crippen LogP contribution in [0.5, 0.6) is 11.5 Å². The Bertz CT molecular complexity index is 691. The van der Waals surface area contributed by atoms with Gasteiger partial charge in [0.2, 0.25) is 5.75 Å². The van der Waals surface area contributed by atoms with E-state index >= 15 is 0 Å². The number of hydrogen-bond acceptors (Lipinski definition) is 4. The van der Waals surface area contributed by atoms with Crippen LogP contribution in [0.15, 0.2) is 36.4 Å². The average Bonchev–Trinajstić information content (AvgIpc) is 2.40. The minimum absolute atomic E-state index is 0.0185. The van der Waals surface area contributed by atoms with Gasteiger partial charge in [-0.25, -0.2) is 4.39 Å². The smallest absolute Gasteiger partial charge is 0.313 e. The standard InChI is InChI=1S/C14H11ClFNO4/c1-8(18)13-10(16)5-3-7-12(13)21-14-9(15)4-2-6-11(14)17(19)20/h2-8,18H,1H3/t8-/m0/s1. The number of nitro benzene ring substituents is 1. The topological polar surface area (TPSA) is 72.6 Å². The number of ether oxygens (including phenoxy) is 1. The fraction of sp³-hybridized carbons (Fsp3) is 0.143. The van der Waals surface area contributed by atoms with Gasteiger partial charge in [0.15, 0.2) is 0 Å². The summed E-state index contributed by atoms with van der Waals surface area (Å²) in [6.45, 7) is 1.37. The summed E-state index contributed by atoms with van der Waals surface area (Å²) in [6.07, 6.45) is -1.14. The molecule has 2 aromatic carbocycles. The van der Waals surface area contributed by atoms with E-state index in [4.69, 9.17) is 16.3 Å². The Labute approximate surface area is 124 Å². The molecule has 0 aliphatic carbocycles. The maximum atomic E-state index is 13.8. The van der Waals surface area contributed by atoms with Gasteiger partial charge in [0.05, 0.1) is 21.6 Å². The number of hydrogen-bond donors (Lipinski definition) is 1. The van der Waals surface area contributed by atoms with Crippen molar-refractivity contribution in [3.8, 4) is 11.5 Å². The summed E-state index contributed by atoms with van der Waals surface area (Å²) in [6, 6.07) is 8.00. The molecule has 2 aromatic rings. The second kappa shape index (κ2) is 6.07. The van der Waals surface area contributed by atoms with Gasteiger partial charge < -0.3 is 9.84 Å². The van der Waals surface area contributed by atoms with Crippen molar-refractivity contribution in [2.24, 2.45) is 0 Å². The van der Waals surface area contributed by atoms with Crippen LogP contribution in [0.25, 0.3) is 0 Å². The lowest BCUT2D eigenvalue weighted by Gasteiger charge is -2.14. The Morgan fingerprint density at radius 3 is 2.62 bits per heavy atom. The molecule has 0 bridgehead atoms. The number of benzene rings is 2. The van der Waals surface area contributed by atoms with Crippen molar-refractivity contribution in [2.75, 3.05) is 0 Å². The van der Waals surface area contributed by atoms with Crippen LogP contribution in [0, 0.1) is 15.9 Å². The molecular weight excluding hydrogens is 301 g/mol. The van der Waals surface area contributed by atoms with E-state index in [-0.39, 0.29) is 27.8 Å². The highest BCUT2D eigenvalue weighted by Gasteiger charge is 2.22. The molecule has 110 valence electrons. The Kier molecular flexibility index (Phi) is 4.40. The molecule has 0 saturated carbocycles. The highest BCUT2D eigenvalue weighted by atomic mass is 35.5. The largest absolute Gasteiger partial charge is 0.448 e. The summed E-state index contributed by atoms with van der Waals surface area (Å²) < 4.78 is 19.2. The molecule has 5 nitrogen and oxygen atoms in total. The maximum Gasteiger partial charge on any atom is 0.313 e. The van der Waals surface area contributed by atoms with Gasteiger partial charge in [0.1, 0.15) is 11.6 Å². The van der Waals surface area contributed by atoms with Crippen LogP contribution in [0.1, 0.15) is 18.6 Å². The van der Waals surface area contributed by atoms with Gasteiger partial charge in [0.25, 0.3) is 0 Å². The quantitative estimate of drug-likeness (QED) is 0.677. The number of nitrogens with zero attached hydrogens (tertiary/aromatic N) is 1. The Hall–Kier alpha value is -2.18. The van der Waals surface area contributed by atoms with Crippen LogP contribution in [-0.2, 0) is 0 Å². The van der Waals surface area contributed by atoms with Gasteiger partial charge in [-0.1, -0.05) is 23.7 Å². The van der Waals surface area contributed by atoms with Crippen LogP contribution >= 0.6 is 11.6 Å². The van der Waals surface area contributed by atoms with Crippen LogP contribution in [0.4, 0.5) is 10.1 Å². The van der Waals surface area contributed by atoms with Gasteiger partial charge in [-0.15, -0.1) is 0 Å². The molecule has 0 fully saturated rings. The van der Waals surface area contributed by atoms with Crippen molar-refractivity contribution in [2.45, 2.75) is 13.0 Å². The molecule has 0 amide bonds. The lowest BCUT2D eigenvalue weighted by Crippen LogP contribution is -2.01. The van der Waals surface area contributed by atoms with E-state index in [0.29, 0.717) is 0 Å². The minimum Gasteiger partial charge on any atom is -0.448 e.